The summed E-state index contributed by atoms with van der Waals surface area (Å²) in [4.78, 5) is 9.22. The van der Waals surface area contributed by atoms with Crippen molar-refractivity contribution in [1.82, 2.24) is 14.5 Å². The van der Waals surface area contributed by atoms with Gasteiger partial charge < -0.3 is 20.1 Å². The molecule has 0 fully saturated rings. The molecule has 0 aliphatic heterocycles. The number of aliphatic hydroxyl groups is 1. The fraction of sp³-hybridized carbons (Fsp3) is 0.474. The number of nitrogens with two attached hydrogens (primary N) is 1. The Balaban J connectivity index is 2.38. The SMILES string of the molecule is CCOC[C@@H](n1c(CC)nc2c(N)nc3ccccc3c21)C(C)(C)O. The number of nitrogen functional groups attached to an aromatic ring is 1. The first-order chi connectivity index (χ1) is 11.9. The Hall–Kier alpha value is -2.18. The third-order valence-corrected chi connectivity index (χ3v) is 4.55. The number of aryl methyl sites for hydroxylation is 1. The van der Waals surface area contributed by atoms with Crippen LogP contribution in [0.2, 0.25) is 0 Å². The Morgan fingerprint density at radius 2 is 1.96 bits per heavy atom. The average molecular weight is 342 g/mol. The highest BCUT2D eigenvalue weighted by Crippen LogP contribution is 2.34. The molecule has 0 radical (unpaired) electrons. The molecule has 3 rings (SSSR count). The first kappa shape index (κ1) is 17.6. The van der Waals surface area contributed by atoms with Crippen LogP contribution in [0.15, 0.2) is 24.3 Å². The molecular weight excluding hydrogens is 316 g/mol. The largest absolute Gasteiger partial charge is 0.388 e. The van der Waals surface area contributed by atoms with Crippen molar-refractivity contribution >= 4 is 27.8 Å². The second-order valence-electron chi connectivity index (χ2n) is 6.79. The van der Waals surface area contributed by atoms with Crippen LogP contribution in [0.3, 0.4) is 0 Å². The Kier molecular flexibility index (Phi) is 4.67. The van der Waals surface area contributed by atoms with Crippen molar-refractivity contribution in [2.45, 2.75) is 45.8 Å². The van der Waals surface area contributed by atoms with Crippen LogP contribution in [0.4, 0.5) is 5.82 Å². The normalized spacial score (nSPS) is 13.6. The van der Waals surface area contributed by atoms with E-state index in [1.54, 1.807) is 13.8 Å². The van der Waals surface area contributed by atoms with Crippen molar-refractivity contribution < 1.29 is 9.84 Å². The van der Waals surface area contributed by atoms with Gasteiger partial charge in [0.2, 0.25) is 0 Å². The molecule has 0 saturated carbocycles. The van der Waals surface area contributed by atoms with Crippen LogP contribution < -0.4 is 5.73 Å². The van der Waals surface area contributed by atoms with E-state index in [2.05, 4.69) is 9.55 Å². The van der Waals surface area contributed by atoms with Gasteiger partial charge in [0.1, 0.15) is 11.3 Å². The van der Waals surface area contributed by atoms with Crippen LogP contribution in [0.5, 0.6) is 0 Å². The summed E-state index contributed by atoms with van der Waals surface area (Å²) in [5.74, 6) is 1.28. The van der Waals surface area contributed by atoms with Crippen LogP contribution >= 0.6 is 0 Å². The summed E-state index contributed by atoms with van der Waals surface area (Å²) in [6.07, 6.45) is 0.723. The Morgan fingerprint density at radius 3 is 2.60 bits per heavy atom. The fourth-order valence-electron chi connectivity index (χ4n) is 3.28. The molecule has 0 aliphatic carbocycles. The van der Waals surface area contributed by atoms with Crippen LogP contribution in [0, 0.1) is 0 Å². The minimum Gasteiger partial charge on any atom is -0.388 e. The lowest BCUT2D eigenvalue weighted by atomic mass is 9.98. The number of rotatable bonds is 6. The van der Waals surface area contributed by atoms with Crippen molar-refractivity contribution in [3.63, 3.8) is 0 Å². The quantitative estimate of drug-likeness (QED) is 0.719. The molecule has 0 bridgehead atoms. The molecule has 134 valence electrons. The minimum atomic E-state index is -0.980. The van der Waals surface area contributed by atoms with Gasteiger partial charge in [-0.1, -0.05) is 25.1 Å². The van der Waals surface area contributed by atoms with Crippen LogP contribution in [-0.4, -0.2) is 38.5 Å². The number of hydrogen-bond acceptors (Lipinski definition) is 5. The zero-order valence-corrected chi connectivity index (χ0v) is 15.3. The van der Waals surface area contributed by atoms with E-state index in [0.717, 1.165) is 28.7 Å². The maximum Gasteiger partial charge on any atom is 0.152 e. The lowest BCUT2D eigenvalue weighted by Gasteiger charge is -2.32. The number of aromatic nitrogens is 3. The Labute approximate surface area is 147 Å². The standard InChI is InChI=1S/C19H26N4O2/c1-5-15-22-16-17(12-9-7-8-10-13(12)21-18(16)20)23(15)14(11-25-6-2)19(3,4)24/h7-10,14,24H,5-6,11H2,1-4H3,(H2,20,21)/t14-/m1/s1. The number of pyridine rings is 1. The van der Waals surface area contributed by atoms with Gasteiger partial charge in [0, 0.05) is 18.4 Å². The summed E-state index contributed by atoms with van der Waals surface area (Å²) in [5, 5.41) is 11.8. The summed E-state index contributed by atoms with van der Waals surface area (Å²) in [6.45, 7) is 8.58. The van der Waals surface area contributed by atoms with Crippen molar-refractivity contribution in [2.24, 2.45) is 0 Å². The number of benzene rings is 1. The van der Waals surface area contributed by atoms with E-state index in [9.17, 15) is 5.11 Å². The average Bonchev–Trinajstić information content (AvgIpc) is 2.94. The van der Waals surface area contributed by atoms with Gasteiger partial charge in [-0.25, -0.2) is 9.97 Å². The highest BCUT2D eigenvalue weighted by Gasteiger charge is 2.32. The first-order valence-electron chi connectivity index (χ1n) is 8.73. The second kappa shape index (κ2) is 6.61. The predicted molar refractivity (Wildman–Crippen MR) is 101 cm³/mol. The summed E-state index contributed by atoms with van der Waals surface area (Å²) >= 11 is 0. The van der Waals surface area contributed by atoms with Gasteiger partial charge in [0.15, 0.2) is 5.82 Å². The lowest BCUT2D eigenvalue weighted by molar-refractivity contribution is -0.0191. The fourth-order valence-corrected chi connectivity index (χ4v) is 3.28. The van der Waals surface area contributed by atoms with E-state index >= 15 is 0 Å². The number of anilines is 1. The molecule has 0 unspecified atom stereocenters. The van der Waals surface area contributed by atoms with Gasteiger partial charge in [-0.3, -0.25) is 0 Å². The van der Waals surface area contributed by atoms with Crippen LogP contribution in [0.1, 0.15) is 39.6 Å². The summed E-state index contributed by atoms with van der Waals surface area (Å²) in [7, 11) is 0. The van der Waals surface area contributed by atoms with Crippen LogP contribution in [0.25, 0.3) is 21.9 Å². The smallest absolute Gasteiger partial charge is 0.152 e. The van der Waals surface area contributed by atoms with Gasteiger partial charge in [0.25, 0.3) is 0 Å². The molecule has 0 spiro atoms. The topological polar surface area (TPSA) is 86.2 Å². The van der Waals surface area contributed by atoms with E-state index in [0.29, 0.717) is 24.5 Å². The molecular formula is C19H26N4O2. The molecule has 2 heterocycles. The van der Waals surface area contributed by atoms with Crippen molar-refractivity contribution in [2.75, 3.05) is 18.9 Å². The predicted octanol–water partition coefficient (Wildman–Crippen LogP) is 3.08. The molecule has 1 atom stereocenters. The molecule has 25 heavy (non-hydrogen) atoms. The number of fused-ring (bicyclic) bond motifs is 3. The number of nitrogens with zero attached hydrogens (tertiary/aromatic N) is 3. The Bertz CT molecular complexity index is 896. The summed E-state index contributed by atoms with van der Waals surface area (Å²) < 4.78 is 7.77. The number of imidazole rings is 1. The zero-order valence-electron chi connectivity index (χ0n) is 15.3. The van der Waals surface area contributed by atoms with E-state index in [1.807, 2.05) is 38.1 Å². The molecule has 0 saturated heterocycles. The van der Waals surface area contributed by atoms with Crippen molar-refractivity contribution in [1.29, 1.82) is 0 Å². The Morgan fingerprint density at radius 1 is 1.24 bits per heavy atom. The van der Waals surface area contributed by atoms with Crippen molar-refractivity contribution in [3.05, 3.63) is 30.1 Å². The molecule has 6 nitrogen and oxygen atoms in total. The van der Waals surface area contributed by atoms with Gasteiger partial charge in [-0.15, -0.1) is 0 Å². The number of hydrogen-bond donors (Lipinski definition) is 2. The molecule has 0 amide bonds. The van der Waals surface area contributed by atoms with E-state index in [1.165, 1.54) is 0 Å². The molecule has 1 aromatic carbocycles. The monoisotopic (exact) mass is 342 g/mol. The van der Waals surface area contributed by atoms with Crippen molar-refractivity contribution in [3.8, 4) is 0 Å². The van der Waals surface area contributed by atoms with Crippen LogP contribution in [-0.2, 0) is 11.2 Å². The van der Waals surface area contributed by atoms with E-state index < -0.39 is 5.60 Å². The van der Waals surface area contributed by atoms with Gasteiger partial charge in [-0.05, 0) is 26.8 Å². The number of para-hydroxylation sites is 1. The maximum absolute atomic E-state index is 10.8. The van der Waals surface area contributed by atoms with E-state index in [4.69, 9.17) is 15.5 Å². The molecule has 6 heteroatoms. The molecule has 3 N–H and O–H groups in total. The third-order valence-electron chi connectivity index (χ3n) is 4.55. The summed E-state index contributed by atoms with van der Waals surface area (Å²) in [6, 6.07) is 7.59. The summed E-state index contributed by atoms with van der Waals surface area (Å²) in [5.41, 5.74) is 7.62. The van der Waals surface area contributed by atoms with Gasteiger partial charge in [-0.2, -0.15) is 0 Å². The first-order valence-corrected chi connectivity index (χ1v) is 8.73. The minimum absolute atomic E-state index is 0.280. The highest BCUT2D eigenvalue weighted by atomic mass is 16.5. The zero-order chi connectivity index (χ0) is 18.2. The molecule has 3 aromatic rings. The molecule has 2 aromatic heterocycles. The van der Waals surface area contributed by atoms with Gasteiger partial charge >= 0.3 is 0 Å². The van der Waals surface area contributed by atoms with E-state index in [-0.39, 0.29) is 6.04 Å². The maximum atomic E-state index is 10.8. The highest BCUT2D eigenvalue weighted by molar-refractivity contribution is 6.06. The third kappa shape index (κ3) is 3.07. The molecule has 0 aliphatic rings. The van der Waals surface area contributed by atoms with Gasteiger partial charge in [0.05, 0.1) is 29.3 Å². The second-order valence-corrected chi connectivity index (χ2v) is 6.79. The lowest BCUT2D eigenvalue weighted by Crippen LogP contribution is -2.37. The number of ether oxygens (including phenoxy) is 1.